The van der Waals surface area contributed by atoms with Gasteiger partial charge in [0.15, 0.2) is 5.06 Å². The summed E-state index contributed by atoms with van der Waals surface area (Å²) in [5.41, 5.74) is 4.47. The molecule has 0 unspecified atom stereocenters. The van der Waals surface area contributed by atoms with Crippen molar-refractivity contribution in [3.05, 3.63) is 46.8 Å². The lowest BCUT2D eigenvalue weighted by molar-refractivity contribution is -0.137. The zero-order valence-electron chi connectivity index (χ0n) is 9.40. The first kappa shape index (κ1) is 13.4. The van der Waals surface area contributed by atoms with E-state index in [-0.39, 0.29) is 16.4 Å². The van der Waals surface area contributed by atoms with E-state index in [1.807, 2.05) is 0 Å². The normalized spacial score (nSPS) is 11.3. The number of amides is 1. The van der Waals surface area contributed by atoms with E-state index in [0.29, 0.717) is 0 Å². The first-order valence-corrected chi connectivity index (χ1v) is 5.98. The number of thiophene rings is 1. The van der Waals surface area contributed by atoms with Crippen LogP contribution in [-0.2, 0) is 6.18 Å². The van der Waals surface area contributed by atoms with Crippen molar-refractivity contribution in [3.8, 4) is 10.8 Å². The van der Waals surface area contributed by atoms with Gasteiger partial charge in [-0.2, -0.15) is 13.2 Å². The number of primary amides is 1. The fraction of sp³-hybridized carbons (Fsp3) is 0.0833. The molecule has 0 bridgehead atoms. The third-order valence-electron chi connectivity index (χ3n) is 2.27. The van der Waals surface area contributed by atoms with E-state index < -0.39 is 17.6 Å². The van der Waals surface area contributed by atoms with Crippen LogP contribution >= 0.6 is 11.3 Å². The van der Waals surface area contributed by atoms with Gasteiger partial charge < -0.3 is 10.5 Å². The second-order valence-electron chi connectivity index (χ2n) is 3.61. The van der Waals surface area contributed by atoms with E-state index in [1.54, 1.807) is 12.1 Å². The number of hydrogen-bond donors (Lipinski definition) is 1. The highest BCUT2D eigenvalue weighted by molar-refractivity contribution is 7.12. The Kier molecular flexibility index (Phi) is 3.48. The zero-order valence-corrected chi connectivity index (χ0v) is 10.2. The second kappa shape index (κ2) is 4.93. The summed E-state index contributed by atoms with van der Waals surface area (Å²) < 4.78 is 42.5. The van der Waals surface area contributed by atoms with Crippen LogP contribution in [0, 0.1) is 0 Å². The molecule has 19 heavy (non-hydrogen) atoms. The maximum atomic E-state index is 12.4. The van der Waals surface area contributed by atoms with Gasteiger partial charge in [-0.1, -0.05) is 12.1 Å². The largest absolute Gasteiger partial charge is 0.446 e. The van der Waals surface area contributed by atoms with Gasteiger partial charge in [0.25, 0.3) is 5.91 Å². The molecular weight excluding hydrogens is 279 g/mol. The van der Waals surface area contributed by atoms with Crippen LogP contribution < -0.4 is 10.5 Å². The van der Waals surface area contributed by atoms with Crippen molar-refractivity contribution in [1.82, 2.24) is 0 Å². The predicted octanol–water partition coefficient (Wildman–Crippen LogP) is 3.66. The fourth-order valence-electron chi connectivity index (χ4n) is 1.39. The third-order valence-corrected chi connectivity index (χ3v) is 3.07. The summed E-state index contributed by atoms with van der Waals surface area (Å²) >= 11 is 0.797. The molecule has 1 amide bonds. The number of hydrogen-bond acceptors (Lipinski definition) is 3. The van der Waals surface area contributed by atoms with Crippen LogP contribution in [0.15, 0.2) is 35.7 Å². The molecule has 7 heteroatoms. The molecule has 0 aliphatic carbocycles. The van der Waals surface area contributed by atoms with Gasteiger partial charge in [0, 0.05) is 11.4 Å². The molecule has 0 aliphatic heterocycles. The second-order valence-corrected chi connectivity index (χ2v) is 4.49. The minimum Gasteiger partial charge on any atom is -0.446 e. The Balaban J connectivity index is 2.27. The highest BCUT2D eigenvalue weighted by Crippen LogP contribution is 2.37. The van der Waals surface area contributed by atoms with Crippen LogP contribution in [0.2, 0.25) is 0 Å². The molecule has 2 N–H and O–H groups in total. The standard InChI is InChI=1S/C12H8F3NO2S/c13-12(14,15)7-5-10(19-6-7)18-9-4-2-1-3-8(9)11(16)17/h1-6H,(H2,16,17). The summed E-state index contributed by atoms with van der Waals surface area (Å²) in [5.74, 6) is -0.575. The van der Waals surface area contributed by atoms with Crippen LogP contribution in [-0.4, -0.2) is 5.91 Å². The van der Waals surface area contributed by atoms with Gasteiger partial charge in [-0.15, -0.1) is 11.3 Å². The average Bonchev–Trinajstić information content (AvgIpc) is 2.77. The Labute approximate surface area is 110 Å². The number of nitrogens with two attached hydrogens (primary N) is 1. The molecule has 2 rings (SSSR count). The SMILES string of the molecule is NC(=O)c1ccccc1Oc1cc(C(F)(F)F)cs1. The van der Waals surface area contributed by atoms with E-state index in [9.17, 15) is 18.0 Å². The summed E-state index contributed by atoms with van der Waals surface area (Å²) in [7, 11) is 0. The number of halogens is 3. The molecule has 0 radical (unpaired) electrons. The first-order valence-electron chi connectivity index (χ1n) is 5.10. The molecule has 100 valence electrons. The van der Waals surface area contributed by atoms with Crippen LogP contribution in [0.3, 0.4) is 0 Å². The quantitative estimate of drug-likeness (QED) is 0.936. The lowest BCUT2D eigenvalue weighted by atomic mass is 10.2. The smallest absolute Gasteiger partial charge is 0.417 e. The molecule has 3 nitrogen and oxygen atoms in total. The highest BCUT2D eigenvalue weighted by atomic mass is 32.1. The Bertz CT molecular complexity index is 607. The average molecular weight is 287 g/mol. The molecule has 0 aliphatic rings. The van der Waals surface area contributed by atoms with E-state index in [2.05, 4.69) is 0 Å². The minimum absolute atomic E-state index is 0.0426. The van der Waals surface area contributed by atoms with E-state index >= 15 is 0 Å². The van der Waals surface area contributed by atoms with Crippen LogP contribution in [0.25, 0.3) is 0 Å². The number of benzene rings is 1. The number of carbonyl (C=O) groups excluding carboxylic acids is 1. The van der Waals surface area contributed by atoms with Crippen molar-refractivity contribution in [3.63, 3.8) is 0 Å². The summed E-state index contributed by atoms with van der Waals surface area (Å²) in [4.78, 5) is 11.1. The summed E-state index contributed by atoms with van der Waals surface area (Å²) in [6.07, 6.45) is -4.42. The van der Waals surface area contributed by atoms with Gasteiger partial charge >= 0.3 is 6.18 Å². The Hall–Kier alpha value is -2.02. The molecule has 0 saturated heterocycles. The predicted molar refractivity (Wildman–Crippen MR) is 64.4 cm³/mol. The van der Waals surface area contributed by atoms with Crippen LogP contribution in [0.5, 0.6) is 10.8 Å². The van der Waals surface area contributed by atoms with E-state index in [0.717, 1.165) is 22.8 Å². The van der Waals surface area contributed by atoms with Gasteiger partial charge in [-0.05, 0) is 12.1 Å². The molecule has 1 heterocycles. The zero-order chi connectivity index (χ0) is 14.0. The van der Waals surface area contributed by atoms with Crippen molar-refractivity contribution in [2.24, 2.45) is 5.73 Å². The van der Waals surface area contributed by atoms with Gasteiger partial charge in [-0.25, -0.2) is 0 Å². The van der Waals surface area contributed by atoms with Crippen molar-refractivity contribution in [2.75, 3.05) is 0 Å². The molecule has 0 spiro atoms. The molecule has 0 fully saturated rings. The highest BCUT2D eigenvalue weighted by Gasteiger charge is 2.32. The van der Waals surface area contributed by atoms with Crippen molar-refractivity contribution >= 4 is 17.2 Å². The summed E-state index contributed by atoms with van der Waals surface area (Å²) in [5, 5.41) is 0.989. The lowest BCUT2D eigenvalue weighted by Gasteiger charge is -2.06. The van der Waals surface area contributed by atoms with Crippen molar-refractivity contribution in [2.45, 2.75) is 6.18 Å². The van der Waals surface area contributed by atoms with E-state index in [1.165, 1.54) is 12.1 Å². The molecule has 1 aromatic heterocycles. The topological polar surface area (TPSA) is 52.3 Å². The number of rotatable bonds is 3. The maximum absolute atomic E-state index is 12.4. The first-order chi connectivity index (χ1) is 8.88. The molecule has 2 aromatic rings. The van der Waals surface area contributed by atoms with Crippen LogP contribution in [0.1, 0.15) is 15.9 Å². The van der Waals surface area contributed by atoms with Gasteiger partial charge in [0.05, 0.1) is 11.1 Å². The van der Waals surface area contributed by atoms with Crippen molar-refractivity contribution in [1.29, 1.82) is 0 Å². The Morgan fingerprint density at radius 1 is 1.26 bits per heavy atom. The number of alkyl halides is 3. The third kappa shape index (κ3) is 3.05. The molecular formula is C12H8F3NO2S. The summed E-state index contributed by atoms with van der Waals surface area (Å²) in [6.45, 7) is 0. The van der Waals surface area contributed by atoms with Crippen LogP contribution in [0.4, 0.5) is 13.2 Å². The van der Waals surface area contributed by atoms with E-state index in [4.69, 9.17) is 10.5 Å². The molecule has 0 atom stereocenters. The molecule has 1 aromatic carbocycles. The fourth-order valence-corrected chi connectivity index (χ4v) is 2.16. The monoisotopic (exact) mass is 287 g/mol. The lowest BCUT2D eigenvalue weighted by Crippen LogP contribution is -2.11. The summed E-state index contributed by atoms with van der Waals surface area (Å²) in [6, 6.07) is 6.97. The maximum Gasteiger partial charge on any atom is 0.417 e. The van der Waals surface area contributed by atoms with Gasteiger partial charge in [0.1, 0.15) is 5.75 Å². The van der Waals surface area contributed by atoms with Crippen molar-refractivity contribution < 1.29 is 22.7 Å². The van der Waals surface area contributed by atoms with Gasteiger partial charge in [-0.3, -0.25) is 4.79 Å². The number of carbonyl (C=O) groups is 1. The number of ether oxygens (including phenoxy) is 1. The Morgan fingerprint density at radius 2 is 1.95 bits per heavy atom. The molecule has 0 saturated carbocycles. The number of para-hydroxylation sites is 1. The minimum atomic E-state index is -4.42. The van der Waals surface area contributed by atoms with Gasteiger partial charge in [0.2, 0.25) is 0 Å². The Morgan fingerprint density at radius 3 is 2.53 bits per heavy atom.